The Morgan fingerprint density at radius 1 is 1.04 bits per heavy atom. The zero-order valence-electron chi connectivity index (χ0n) is 16.7. The topological polar surface area (TPSA) is 52.7 Å². The van der Waals surface area contributed by atoms with Gasteiger partial charge in [-0.2, -0.15) is 0 Å². The van der Waals surface area contributed by atoms with Gasteiger partial charge in [0.1, 0.15) is 6.42 Å². The number of nitrogens with zero attached hydrogens (tertiary/aromatic N) is 2. The molecule has 2 aromatic rings. The first-order chi connectivity index (χ1) is 13.6. The van der Waals surface area contributed by atoms with Gasteiger partial charge in [0, 0.05) is 36.7 Å². The lowest BCUT2D eigenvalue weighted by Gasteiger charge is -2.32. The SMILES string of the molecule is CCN(C(=O)CC(=O)Nc1ccc(N2CCC(C)CC2)cc1)c1ccccc1. The first-order valence-corrected chi connectivity index (χ1v) is 10.1. The van der Waals surface area contributed by atoms with E-state index in [0.717, 1.165) is 30.4 Å². The van der Waals surface area contributed by atoms with Gasteiger partial charge in [-0.15, -0.1) is 0 Å². The Morgan fingerprint density at radius 2 is 1.68 bits per heavy atom. The smallest absolute Gasteiger partial charge is 0.236 e. The Labute approximate surface area is 167 Å². The molecule has 5 heteroatoms. The van der Waals surface area contributed by atoms with Gasteiger partial charge < -0.3 is 15.1 Å². The second-order valence-electron chi connectivity index (χ2n) is 7.41. The molecule has 1 aliphatic heterocycles. The molecule has 0 spiro atoms. The number of para-hydroxylation sites is 1. The molecule has 3 rings (SSSR count). The number of hydrogen-bond acceptors (Lipinski definition) is 3. The highest BCUT2D eigenvalue weighted by Crippen LogP contribution is 2.24. The Bertz CT molecular complexity index is 781. The van der Waals surface area contributed by atoms with Crippen LogP contribution in [0.25, 0.3) is 0 Å². The highest BCUT2D eigenvalue weighted by molar-refractivity contribution is 6.09. The molecule has 1 N–H and O–H groups in total. The van der Waals surface area contributed by atoms with E-state index in [1.807, 2.05) is 61.5 Å². The van der Waals surface area contributed by atoms with Crippen LogP contribution in [0.5, 0.6) is 0 Å². The van der Waals surface area contributed by atoms with Gasteiger partial charge in [0.15, 0.2) is 0 Å². The molecule has 0 atom stereocenters. The van der Waals surface area contributed by atoms with Gasteiger partial charge in [-0.3, -0.25) is 9.59 Å². The minimum atomic E-state index is -0.293. The summed E-state index contributed by atoms with van der Waals surface area (Å²) in [5.41, 5.74) is 2.71. The van der Waals surface area contributed by atoms with Crippen molar-refractivity contribution < 1.29 is 9.59 Å². The average Bonchev–Trinajstić information content (AvgIpc) is 2.70. The molecule has 0 unspecified atom stereocenters. The lowest BCUT2D eigenvalue weighted by Crippen LogP contribution is -2.33. The van der Waals surface area contributed by atoms with Crippen LogP contribution in [0.3, 0.4) is 0 Å². The number of piperidine rings is 1. The number of carbonyl (C=O) groups is 2. The summed E-state index contributed by atoms with van der Waals surface area (Å²) < 4.78 is 0. The van der Waals surface area contributed by atoms with Crippen LogP contribution in [0.1, 0.15) is 33.1 Å². The number of amides is 2. The maximum atomic E-state index is 12.5. The van der Waals surface area contributed by atoms with Crippen molar-refractivity contribution in [1.82, 2.24) is 0 Å². The maximum Gasteiger partial charge on any atom is 0.236 e. The van der Waals surface area contributed by atoms with Gasteiger partial charge in [0.05, 0.1) is 0 Å². The summed E-state index contributed by atoms with van der Waals surface area (Å²) >= 11 is 0. The molecule has 5 nitrogen and oxygen atoms in total. The zero-order valence-corrected chi connectivity index (χ0v) is 16.7. The third-order valence-corrected chi connectivity index (χ3v) is 5.30. The summed E-state index contributed by atoms with van der Waals surface area (Å²) in [5, 5.41) is 2.84. The first kappa shape index (κ1) is 19.9. The van der Waals surface area contributed by atoms with Crippen molar-refractivity contribution in [3.8, 4) is 0 Å². The molecule has 1 fully saturated rings. The van der Waals surface area contributed by atoms with E-state index < -0.39 is 0 Å². The van der Waals surface area contributed by atoms with Crippen LogP contribution >= 0.6 is 0 Å². The van der Waals surface area contributed by atoms with Gasteiger partial charge >= 0.3 is 0 Å². The lowest BCUT2D eigenvalue weighted by atomic mass is 9.99. The van der Waals surface area contributed by atoms with Crippen molar-refractivity contribution in [2.45, 2.75) is 33.1 Å². The first-order valence-electron chi connectivity index (χ1n) is 10.1. The Balaban J connectivity index is 1.55. The number of rotatable bonds is 6. The van der Waals surface area contributed by atoms with Crippen molar-refractivity contribution in [2.24, 2.45) is 5.92 Å². The standard InChI is InChI=1S/C23H29N3O2/c1-3-26(21-7-5-4-6-8-21)23(28)17-22(27)24-19-9-11-20(12-10-19)25-15-13-18(2)14-16-25/h4-12,18H,3,13-17H2,1-2H3,(H,24,27). The maximum absolute atomic E-state index is 12.5. The molecular weight excluding hydrogens is 350 g/mol. The fraction of sp³-hybridized carbons (Fsp3) is 0.391. The largest absolute Gasteiger partial charge is 0.372 e. The summed E-state index contributed by atoms with van der Waals surface area (Å²) in [6, 6.07) is 17.3. The van der Waals surface area contributed by atoms with Gasteiger partial charge in [-0.25, -0.2) is 0 Å². The molecule has 0 aliphatic carbocycles. The van der Waals surface area contributed by atoms with Crippen molar-refractivity contribution >= 4 is 28.9 Å². The van der Waals surface area contributed by atoms with E-state index in [0.29, 0.717) is 6.54 Å². The van der Waals surface area contributed by atoms with Crippen LogP contribution in [-0.4, -0.2) is 31.4 Å². The van der Waals surface area contributed by atoms with Crippen molar-refractivity contribution in [2.75, 3.05) is 34.8 Å². The minimum absolute atomic E-state index is 0.172. The van der Waals surface area contributed by atoms with Crippen LogP contribution in [0.15, 0.2) is 54.6 Å². The van der Waals surface area contributed by atoms with E-state index in [2.05, 4.69) is 17.1 Å². The van der Waals surface area contributed by atoms with Crippen molar-refractivity contribution in [3.05, 3.63) is 54.6 Å². The Morgan fingerprint density at radius 3 is 2.29 bits per heavy atom. The molecule has 1 aliphatic rings. The molecule has 1 saturated heterocycles. The van der Waals surface area contributed by atoms with E-state index in [1.165, 1.54) is 18.5 Å². The third kappa shape index (κ3) is 5.12. The van der Waals surface area contributed by atoms with Crippen LogP contribution in [0, 0.1) is 5.92 Å². The number of hydrogen-bond donors (Lipinski definition) is 1. The molecule has 148 valence electrons. The molecule has 0 bridgehead atoms. The predicted octanol–water partition coefficient (Wildman–Crippen LogP) is 4.30. The second-order valence-corrected chi connectivity index (χ2v) is 7.41. The van der Waals surface area contributed by atoms with Crippen LogP contribution in [0.4, 0.5) is 17.1 Å². The predicted molar refractivity (Wildman–Crippen MR) is 115 cm³/mol. The van der Waals surface area contributed by atoms with E-state index in [9.17, 15) is 9.59 Å². The van der Waals surface area contributed by atoms with E-state index >= 15 is 0 Å². The number of carbonyl (C=O) groups excluding carboxylic acids is 2. The summed E-state index contributed by atoms with van der Waals surface area (Å²) in [5.74, 6) is 0.301. The fourth-order valence-electron chi connectivity index (χ4n) is 3.57. The van der Waals surface area contributed by atoms with Gasteiger partial charge in [0.2, 0.25) is 11.8 Å². The van der Waals surface area contributed by atoms with Crippen LogP contribution in [-0.2, 0) is 9.59 Å². The zero-order chi connectivity index (χ0) is 19.9. The Hall–Kier alpha value is -2.82. The summed E-state index contributed by atoms with van der Waals surface area (Å²) in [6.45, 7) is 6.89. The second kappa shape index (κ2) is 9.40. The van der Waals surface area contributed by atoms with E-state index in [4.69, 9.17) is 0 Å². The number of nitrogens with one attached hydrogen (secondary N) is 1. The quantitative estimate of drug-likeness (QED) is 0.761. The molecular formula is C23H29N3O2. The molecule has 0 aromatic heterocycles. The lowest BCUT2D eigenvalue weighted by molar-refractivity contribution is -0.125. The normalized spacial score (nSPS) is 14.6. The summed E-state index contributed by atoms with van der Waals surface area (Å²) in [7, 11) is 0. The molecule has 0 radical (unpaired) electrons. The number of benzene rings is 2. The molecule has 0 saturated carbocycles. The minimum Gasteiger partial charge on any atom is -0.372 e. The van der Waals surface area contributed by atoms with Crippen molar-refractivity contribution in [3.63, 3.8) is 0 Å². The van der Waals surface area contributed by atoms with Gasteiger partial charge in [0.25, 0.3) is 0 Å². The molecule has 1 heterocycles. The van der Waals surface area contributed by atoms with Crippen LogP contribution < -0.4 is 15.1 Å². The summed E-state index contributed by atoms with van der Waals surface area (Å²) in [4.78, 5) is 28.9. The van der Waals surface area contributed by atoms with E-state index in [-0.39, 0.29) is 18.2 Å². The summed E-state index contributed by atoms with van der Waals surface area (Å²) in [6.07, 6.45) is 2.26. The highest BCUT2D eigenvalue weighted by Gasteiger charge is 2.18. The monoisotopic (exact) mass is 379 g/mol. The van der Waals surface area contributed by atoms with Crippen molar-refractivity contribution in [1.29, 1.82) is 0 Å². The fourth-order valence-corrected chi connectivity index (χ4v) is 3.57. The molecule has 2 amide bonds. The van der Waals surface area contributed by atoms with Gasteiger partial charge in [-0.05, 0) is 62.1 Å². The van der Waals surface area contributed by atoms with Crippen LogP contribution in [0.2, 0.25) is 0 Å². The Kier molecular flexibility index (Phi) is 6.69. The third-order valence-electron chi connectivity index (χ3n) is 5.30. The van der Waals surface area contributed by atoms with E-state index in [1.54, 1.807) is 4.90 Å². The average molecular weight is 380 g/mol. The molecule has 28 heavy (non-hydrogen) atoms. The number of anilines is 3. The molecule has 2 aromatic carbocycles. The highest BCUT2D eigenvalue weighted by atomic mass is 16.2. The van der Waals surface area contributed by atoms with Gasteiger partial charge in [-0.1, -0.05) is 25.1 Å².